The van der Waals surface area contributed by atoms with Gasteiger partial charge in [-0.25, -0.2) is 10.2 Å². The number of ether oxygens (including phenoxy) is 1. The first-order valence-electron chi connectivity index (χ1n) is 9.83. The number of aliphatic hydroxyl groups is 1. The predicted molar refractivity (Wildman–Crippen MR) is 121 cm³/mol. The first-order valence-corrected chi connectivity index (χ1v) is 9.83. The molecule has 0 aliphatic heterocycles. The number of hydrogen-bond donors (Lipinski definition) is 3. The number of imidazole rings is 1. The number of hydrogen-bond acceptors (Lipinski definition) is 7. The lowest BCUT2D eigenvalue weighted by molar-refractivity contribution is 0.158. The molecule has 4 aromatic rings. The van der Waals surface area contributed by atoms with Crippen LogP contribution in [-0.4, -0.2) is 37.5 Å². The van der Waals surface area contributed by atoms with E-state index in [9.17, 15) is 14.7 Å². The van der Waals surface area contributed by atoms with Gasteiger partial charge in [-0.15, -0.1) is 0 Å². The minimum absolute atomic E-state index is 0.0299. The number of nitrogens with one attached hydrogen (secondary N) is 2. The molecule has 1 atom stereocenters. The number of H-pyrrole nitrogens is 1. The normalized spacial score (nSPS) is 12.3. The van der Waals surface area contributed by atoms with E-state index in [1.807, 2.05) is 42.5 Å². The van der Waals surface area contributed by atoms with Crippen LogP contribution in [0.3, 0.4) is 0 Å². The van der Waals surface area contributed by atoms with Crippen LogP contribution in [-0.2, 0) is 13.6 Å². The largest absolute Gasteiger partial charge is 0.497 e. The van der Waals surface area contributed by atoms with Gasteiger partial charge in [-0.05, 0) is 35.4 Å². The second-order valence-electron chi connectivity index (χ2n) is 7.11. The number of rotatable bonds is 7. The average molecular weight is 434 g/mol. The third-order valence-electron chi connectivity index (χ3n) is 5.04. The standard InChI is InChI=1S/C22H22N6O4/c1-27-19-18(20(30)25-22(27)31)28(13-17(29)15-6-4-3-5-7-15)21(24-19)26-23-12-14-8-10-16(32-2)11-9-14/h3-12,17,29H,13H2,1-2H3,(H,24,26)(H,25,30,31). The minimum Gasteiger partial charge on any atom is -0.497 e. The highest BCUT2D eigenvalue weighted by molar-refractivity contribution is 5.80. The number of aromatic amines is 1. The summed E-state index contributed by atoms with van der Waals surface area (Å²) in [5.41, 5.74) is 3.48. The van der Waals surface area contributed by atoms with Gasteiger partial charge in [0, 0.05) is 7.05 Å². The maximum Gasteiger partial charge on any atom is 0.329 e. The van der Waals surface area contributed by atoms with Gasteiger partial charge < -0.3 is 9.84 Å². The second-order valence-corrected chi connectivity index (χ2v) is 7.11. The molecule has 164 valence electrons. The van der Waals surface area contributed by atoms with Crippen LogP contribution in [0.5, 0.6) is 5.75 Å². The Balaban J connectivity index is 1.71. The van der Waals surface area contributed by atoms with Gasteiger partial charge in [0.05, 0.1) is 26.0 Å². The van der Waals surface area contributed by atoms with Crippen LogP contribution in [0.2, 0.25) is 0 Å². The van der Waals surface area contributed by atoms with Crippen LogP contribution in [0.25, 0.3) is 11.2 Å². The molecule has 3 N–H and O–H groups in total. The molecule has 0 aliphatic rings. The first kappa shape index (κ1) is 21.1. The highest BCUT2D eigenvalue weighted by Crippen LogP contribution is 2.21. The third-order valence-corrected chi connectivity index (χ3v) is 5.04. The molecule has 0 spiro atoms. The molecular formula is C22H22N6O4. The van der Waals surface area contributed by atoms with Gasteiger partial charge in [0.15, 0.2) is 11.2 Å². The Hall–Kier alpha value is -4.18. The van der Waals surface area contributed by atoms with Crippen molar-refractivity contribution in [3.05, 3.63) is 86.6 Å². The van der Waals surface area contributed by atoms with Crippen molar-refractivity contribution in [3.8, 4) is 5.75 Å². The molecule has 10 heteroatoms. The molecule has 10 nitrogen and oxygen atoms in total. The number of nitrogens with zero attached hydrogens (tertiary/aromatic N) is 4. The summed E-state index contributed by atoms with van der Waals surface area (Å²) in [6, 6.07) is 16.4. The van der Waals surface area contributed by atoms with Crippen LogP contribution in [0, 0.1) is 0 Å². The number of benzene rings is 2. The molecular weight excluding hydrogens is 412 g/mol. The Labute approximate surface area is 182 Å². The monoisotopic (exact) mass is 434 g/mol. The van der Waals surface area contributed by atoms with E-state index < -0.39 is 17.4 Å². The number of anilines is 1. The summed E-state index contributed by atoms with van der Waals surface area (Å²) in [4.78, 5) is 31.2. The van der Waals surface area contributed by atoms with Crippen molar-refractivity contribution in [1.82, 2.24) is 19.1 Å². The summed E-state index contributed by atoms with van der Waals surface area (Å²) in [5.74, 6) is 0.943. The Morgan fingerprint density at radius 2 is 1.91 bits per heavy atom. The lowest BCUT2D eigenvalue weighted by Crippen LogP contribution is -2.29. The van der Waals surface area contributed by atoms with E-state index >= 15 is 0 Å². The van der Waals surface area contributed by atoms with Crippen LogP contribution in [0.1, 0.15) is 17.2 Å². The van der Waals surface area contributed by atoms with E-state index in [2.05, 4.69) is 20.5 Å². The maximum atomic E-state index is 12.6. The lowest BCUT2D eigenvalue weighted by Gasteiger charge is -2.14. The van der Waals surface area contributed by atoms with Crippen LogP contribution in [0.15, 0.2) is 69.3 Å². The summed E-state index contributed by atoms with van der Waals surface area (Å²) in [5, 5.41) is 14.9. The minimum atomic E-state index is -0.906. The smallest absolute Gasteiger partial charge is 0.329 e. The summed E-state index contributed by atoms with van der Waals surface area (Å²) >= 11 is 0. The topological polar surface area (TPSA) is 127 Å². The molecule has 2 aromatic carbocycles. The summed E-state index contributed by atoms with van der Waals surface area (Å²) in [6.45, 7) is 0.0299. The molecule has 0 saturated heterocycles. The molecule has 0 saturated carbocycles. The Morgan fingerprint density at radius 1 is 1.19 bits per heavy atom. The molecule has 0 fully saturated rings. The number of fused-ring (bicyclic) bond motifs is 1. The zero-order chi connectivity index (χ0) is 22.7. The van der Waals surface area contributed by atoms with Gasteiger partial charge in [0.25, 0.3) is 5.56 Å². The van der Waals surface area contributed by atoms with E-state index in [0.29, 0.717) is 5.56 Å². The van der Waals surface area contributed by atoms with E-state index in [1.165, 1.54) is 16.2 Å². The van der Waals surface area contributed by atoms with Crippen LogP contribution >= 0.6 is 0 Å². The van der Waals surface area contributed by atoms with E-state index in [1.54, 1.807) is 25.5 Å². The molecule has 2 aromatic heterocycles. The van der Waals surface area contributed by atoms with Crippen molar-refractivity contribution in [2.75, 3.05) is 12.5 Å². The number of aryl methyl sites for hydroxylation is 1. The highest BCUT2D eigenvalue weighted by Gasteiger charge is 2.20. The zero-order valence-electron chi connectivity index (χ0n) is 17.5. The third kappa shape index (κ3) is 4.16. The number of methoxy groups -OCH3 is 1. The fraction of sp³-hybridized carbons (Fsp3) is 0.182. The molecule has 32 heavy (non-hydrogen) atoms. The van der Waals surface area contributed by atoms with E-state index in [-0.39, 0.29) is 23.7 Å². The number of hydrazone groups is 1. The Bertz CT molecular complexity index is 1370. The molecule has 4 rings (SSSR count). The summed E-state index contributed by atoms with van der Waals surface area (Å²) in [7, 11) is 3.10. The molecule has 1 unspecified atom stereocenters. The molecule has 0 bridgehead atoms. The predicted octanol–water partition coefficient (Wildman–Crippen LogP) is 1.61. The Morgan fingerprint density at radius 3 is 2.59 bits per heavy atom. The van der Waals surface area contributed by atoms with Gasteiger partial charge in [0.2, 0.25) is 5.95 Å². The molecule has 0 radical (unpaired) electrons. The van der Waals surface area contributed by atoms with Gasteiger partial charge in [-0.3, -0.25) is 18.9 Å². The molecule has 2 heterocycles. The van der Waals surface area contributed by atoms with Gasteiger partial charge >= 0.3 is 5.69 Å². The van der Waals surface area contributed by atoms with E-state index in [4.69, 9.17) is 4.74 Å². The molecule has 0 amide bonds. The second kappa shape index (κ2) is 8.90. The summed E-state index contributed by atoms with van der Waals surface area (Å²) < 4.78 is 7.89. The van der Waals surface area contributed by atoms with Crippen molar-refractivity contribution in [1.29, 1.82) is 0 Å². The first-order chi connectivity index (χ1) is 15.5. The fourth-order valence-corrected chi connectivity index (χ4v) is 3.31. The van der Waals surface area contributed by atoms with Crippen molar-refractivity contribution in [3.63, 3.8) is 0 Å². The number of aromatic nitrogens is 4. The Kier molecular flexibility index (Phi) is 5.86. The zero-order valence-corrected chi connectivity index (χ0v) is 17.5. The quantitative estimate of drug-likeness (QED) is 0.300. The SMILES string of the molecule is COc1ccc(C=NNc2nc3c(c(=O)[nH]c(=O)n3C)n2CC(O)c2ccccc2)cc1. The van der Waals surface area contributed by atoms with Gasteiger partial charge in [-0.1, -0.05) is 30.3 Å². The van der Waals surface area contributed by atoms with Crippen LogP contribution < -0.4 is 21.4 Å². The summed E-state index contributed by atoms with van der Waals surface area (Å²) in [6.07, 6.45) is 0.677. The van der Waals surface area contributed by atoms with Crippen LogP contribution in [0.4, 0.5) is 5.95 Å². The van der Waals surface area contributed by atoms with Crippen molar-refractivity contribution < 1.29 is 9.84 Å². The van der Waals surface area contributed by atoms with Crippen molar-refractivity contribution in [2.24, 2.45) is 12.1 Å². The van der Waals surface area contributed by atoms with Gasteiger partial charge in [-0.2, -0.15) is 10.1 Å². The van der Waals surface area contributed by atoms with E-state index in [0.717, 1.165) is 11.3 Å². The van der Waals surface area contributed by atoms with Crippen molar-refractivity contribution in [2.45, 2.75) is 12.6 Å². The fourth-order valence-electron chi connectivity index (χ4n) is 3.31. The highest BCUT2D eigenvalue weighted by atomic mass is 16.5. The van der Waals surface area contributed by atoms with Gasteiger partial charge in [0.1, 0.15) is 5.75 Å². The average Bonchev–Trinajstić information content (AvgIpc) is 3.17. The lowest BCUT2D eigenvalue weighted by atomic mass is 10.1. The molecule has 0 aliphatic carbocycles. The maximum absolute atomic E-state index is 12.6. The number of aliphatic hydroxyl groups excluding tert-OH is 1. The van der Waals surface area contributed by atoms with Crippen molar-refractivity contribution >= 4 is 23.3 Å².